The van der Waals surface area contributed by atoms with Crippen molar-refractivity contribution in [1.29, 1.82) is 0 Å². The number of hydrogen-bond donors (Lipinski definition) is 0. The number of carbonyl (C=O) groups excluding carboxylic acids is 1. The minimum atomic E-state index is 0.125. The third-order valence-electron chi connectivity index (χ3n) is 5.01. The molecule has 1 amide bonds. The van der Waals surface area contributed by atoms with Crippen molar-refractivity contribution in [1.82, 2.24) is 14.4 Å². The third-order valence-corrected chi connectivity index (χ3v) is 5.01. The van der Waals surface area contributed by atoms with Crippen LogP contribution in [0.2, 0.25) is 0 Å². The molecular formula is C18H23N3O2. The third kappa shape index (κ3) is 3.06. The Bertz CT molecular complexity index is 662. The van der Waals surface area contributed by atoms with E-state index in [1.54, 1.807) is 6.26 Å². The van der Waals surface area contributed by atoms with Gasteiger partial charge in [-0.15, -0.1) is 0 Å². The van der Waals surface area contributed by atoms with Gasteiger partial charge in [0, 0.05) is 31.5 Å². The second kappa shape index (κ2) is 6.24. The highest BCUT2D eigenvalue weighted by molar-refractivity contribution is 5.79. The van der Waals surface area contributed by atoms with Crippen LogP contribution in [0.1, 0.15) is 24.3 Å². The molecule has 5 heteroatoms. The lowest BCUT2D eigenvalue weighted by atomic mass is 9.96. The largest absolute Gasteiger partial charge is 0.468 e. The van der Waals surface area contributed by atoms with E-state index in [1.807, 2.05) is 17.0 Å². The highest BCUT2D eigenvalue weighted by Gasteiger charge is 2.31. The Hall–Kier alpha value is -2.01. The number of fused-ring (bicyclic) bond motifs is 1. The fraction of sp³-hybridized carbons (Fsp3) is 0.500. The van der Waals surface area contributed by atoms with Crippen molar-refractivity contribution in [2.75, 3.05) is 19.6 Å². The Labute approximate surface area is 136 Å². The molecule has 0 bridgehead atoms. The van der Waals surface area contributed by atoms with Crippen molar-refractivity contribution >= 4 is 5.91 Å². The van der Waals surface area contributed by atoms with Crippen molar-refractivity contribution in [3.8, 4) is 0 Å². The predicted molar refractivity (Wildman–Crippen MR) is 86.6 cm³/mol. The first-order valence-electron chi connectivity index (χ1n) is 8.47. The molecule has 122 valence electrons. The first-order chi connectivity index (χ1) is 11.3. The van der Waals surface area contributed by atoms with Crippen molar-refractivity contribution in [2.24, 2.45) is 5.92 Å². The molecule has 0 aliphatic carbocycles. The van der Waals surface area contributed by atoms with E-state index in [2.05, 4.69) is 27.8 Å². The van der Waals surface area contributed by atoms with Gasteiger partial charge in [0.1, 0.15) is 5.76 Å². The first kappa shape index (κ1) is 14.6. The quantitative estimate of drug-likeness (QED) is 0.873. The van der Waals surface area contributed by atoms with Crippen molar-refractivity contribution in [3.05, 3.63) is 48.2 Å². The van der Waals surface area contributed by atoms with Gasteiger partial charge in [0.05, 0.1) is 25.3 Å². The molecule has 1 unspecified atom stereocenters. The van der Waals surface area contributed by atoms with E-state index in [0.717, 1.165) is 57.9 Å². The maximum Gasteiger partial charge on any atom is 0.227 e. The van der Waals surface area contributed by atoms with E-state index in [0.29, 0.717) is 5.91 Å². The van der Waals surface area contributed by atoms with Crippen LogP contribution in [0.5, 0.6) is 0 Å². The summed E-state index contributed by atoms with van der Waals surface area (Å²) in [5.74, 6) is 1.43. The topological polar surface area (TPSA) is 41.6 Å². The minimum Gasteiger partial charge on any atom is -0.468 e. The molecule has 0 spiro atoms. The molecule has 2 aliphatic rings. The summed E-state index contributed by atoms with van der Waals surface area (Å²) >= 11 is 0. The Morgan fingerprint density at radius 1 is 1.22 bits per heavy atom. The van der Waals surface area contributed by atoms with E-state index in [4.69, 9.17) is 4.42 Å². The monoisotopic (exact) mass is 313 g/mol. The van der Waals surface area contributed by atoms with Gasteiger partial charge in [-0.1, -0.05) is 0 Å². The van der Waals surface area contributed by atoms with Gasteiger partial charge in [0.2, 0.25) is 5.91 Å². The molecule has 2 aromatic rings. The van der Waals surface area contributed by atoms with Gasteiger partial charge >= 0.3 is 0 Å². The summed E-state index contributed by atoms with van der Waals surface area (Å²) in [4.78, 5) is 17.3. The van der Waals surface area contributed by atoms with Crippen molar-refractivity contribution in [2.45, 2.75) is 32.5 Å². The number of rotatable bonds is 3. The second-order valence-corrected chi connectivity index (χ2v) is 6.61. The maximum atomic E-state index is 12.9. The van der Waals surface area contributed by atoms with Crippen LogP contribution in [0.3, 0.4) is 0 Å². The van der Waals surface area contributed by atoms with E-state index >= 15 is 0 Å². The molecule has 23 heavy (non-hydrogen) atoms. The Morgan fingerprint density at radius 3 is 3.04 bits per heavy atom. The number of likely N-dealkylation sites (tertiary alicyclic amines) is 1. The summed E-state index contributed by atoms with van der Waals surface area (Å²) in [6.45, 7) is 5.19. The molecule has 0 radical (unpaired) electrons. The van der Waals surface area contributed by atoms with Crippen LogP contribution >= 0.6 is 0 Å². The normalized spacial score (nSPS) is 22.1. The number of carbonyl (C=O) groups is 1. The van der Waals surface area contributed by atoms with Crippen molar-refractivity contribution < 1.29 is 9.21 Å². The van der Waals surface area contributed by atoms with Crippen LogP contribution < -0.4 is 0 Å². The average molecular weight is 313 g/mol. The Kier molecular flexibility index (Phi) is 3.95. The van der Waals surface area contributed by atoms with E-state index in [9.17, 15) is 4.79 Å². The molecule has 2 aliphatic heterocycles. The molecule has 4 heterocycles. The zero-order valence-corrected chi connectivity index (χ0v) is 13.4. The Balaban J connectivity index is 1.38. The molecule has 4 rings (SSSR count). The second-order valence-electron chi connectivity index (χ2n) is 6.61. The zero-order chi connectivity index (χ0) is 15.6. The molecule has 5 nitrogen and oxygen atoms in total. The zero-order valence-electron chi connectivity index (χ0n) is 13.4. The highest BCUT2D eigenvalue weighted by atomic mass is 16.3. The number of hydrogen-bond acceptors (Lipinski definition) is 3. The molecule has 1 fully saturated rings. The van der Waals surface area contributed by atoms with Gasteiger partial charge < -0.3 is 13.9 Å². The van der Waals surface area contributed by atoms with Gasteiger partial charge in [0.15, 0.2) is 0 Å². The van der Waals surface area contributed by atoms with E-state index < -0.39 is 0 Å². The van der Waals surface area contributed by atoms with E-state index in [-0.39, 0.29) is 5.92 Å². The van der Waals surface area contributed by atoms with Gasteiger partial charge in [-0.3, -0.25) is 9.69 Å². The predicted octanol–water partition coefficient (Wildman–Crippen LogP) is 2.34. The van der Waals surface area contributed by atoms with Crippen LogP contribution in [-0.2, 0) is 24.4 Å². The lowest BCUT2D eigenvalue weighted by Gasteiger charge is -2.36. The van der Waals surface area contributed by atoms with Crippen molar-refractivity contribution in [3.63, 3.8) is 0 Å². The van der Waals surface area contributed by atoms with Gasteiger partial charge in [-0.25, -0.2) is 0 Å². The molecule has 2 aromatic heterocycles. The van der Waals surface area contributed by atoms with Crippen LogP contribution in [0, 0.1) is 5.92 Å². The highest BCUT2D eigenvalue weighted by Crippen LogP contribution is 2.23. The Morgan fingerprint density at radius 2 is 2.17 bits per heavy atom. The SMILES string of the molecule is O=C(C1CCCN(Cc2ccco2)C1)N1CCn2cccc2C1. The summed E-state index contributed by atoms with van der Waals surface area (Å²) in [5, 5.41) is 0. The summed E-state index contributed by atoms with van der Waals surface area (Å²) in [6.07, 6.45) is 5.90. The summed E-state index contributed by atoms with van der Waals surface area (Å²) in [6, 6.07) is 8.10. The fourth-order valence-electron chi connectivity index (χ4n) is 3.78. The smallest absolute Gasteiger partial charge is 0.227 e. The lowest BCUT2D eigenvalue weighted by molar-refractivity contribution is -0.139. The number of piperidine rings is 1. The molecule has 1 atom stereocenters. The standard InChI is InChI=1S/C18H23N3O2/c22-18(21-10-9-20-8-2-5-16(20)13-21)15-4-1-7-19(12-15)14-17-6-3-11-23-17/h2-3,5-6,8,11,15H,1,4,7,9-10,12-14H2. The molecule has 0 saturated carbocycles. The van der Waals surface area contributed by atoms with Crippen LogP contribution in [-0.4, -0.2) is 39.9 Å². The summed E-state index contributed by atoms with van der Waals surface area (Å²) < 4.78 is 7.68. The van der Waals surface area contributed by atoms with Gasteiger partial charge in [0.25, 0.3) is 0 Å². The van der Waals surface area contributed by atoms with Gasteiger partial charge in [-0.2, -0.15) is 0 Å². The number of amides is 1. The van der Waals surface area contributed by atoms with Crippen LogP contribution in [0.15, 0.2) is 41.1 Å². The molecule has 0 N–H and O–H groups in total. The molecular weight excluding hydrogens is 290 g/mol. The number of aromatic nitrogens is 1. The van der Waals surface area contributed by atoms with Gasteiger partial charge in [-0.05, 0) is 43.7 Å². The maximum absolute atomic E-state index is 12.9. The van der Waals surface area contributed by atoms with Crippen LogP contribution in [0.25, 0.3) is 0 Å². The summed E-state index contributed by atoms with van der Waals surface area (Å²) in [7, 11) is 0. The molecule has 0 aromatic carbocycles. The number of nitrogens with zero attached hydrogens (tertiary/aromatic N) is 3. The van der Waals surface area contributed by atoms with E-state index in [1.165, 1.54) is 5.69 Å². The average Bonchev–Trinajstić information content (AvgIpc) is 3.25. The summed E-state index contributed by atoms with van der Waals surface area (Å²) in [5.41, 5.74) is 1.24. The lowest BCUT2D eigenvalue weighted by Crippen LogP contribution is -2.46. The fourth-order valence-corrected chi connectivity index (χ4v) is 3.78. The number of furan rings is 1. The first-order valence-corrected chi connectivity index (χ1v) is 8.47. The minimum absolute atomic E-state index is 0.125. The van der Waals surface area contributed by atoms with Crippen LogP contribution in [0.4, 0.5) is 0 Å². The molecule has 1 saturated heterocycles.